The van der Waals surface area contributed by atoms with Crippen LogP contribution in [0.2, 0.25) is 0 Å². The molecule has 0 bridgehead atoms. The fourth-order valence-corrected chi connectivity index (χ4v) is 2.79. The second-order valence-electron chi connectivity index (χ2n) is 5.43. The van der Waals surface area contributed by atoms with Crippen LogP contribution in [-0.2, 0) is 23.9 Å². The van der Waals surface area contributed by atoms with Crippen LogP contribution in [0.5, 0.6) is 11.5 Å². The van der Waals surface area contributed by atoms with Crippen molar-refractivity contribution in [3.63, 3.8) is 0 Å². The number of carbonyl (C=O) groups excluding carboxylic acids is 3. The molecule has 0 saturated carbocycles. The van der Waals surface area contributed by atoms with E-state index in [0.29, 0.717) is 17.1 Å². The Morgan fingerprint density at radius 3 is 2.59 bits per heavy atom. The van der Waals surface area contributed by atoms with Gasteiger partial charge in [0, 0.05) is 6.08 Å². The maximum atomic E-state index is 11.7. The number of carbonyl (C=O) groups is 3. The first-order valence-electron chi connectivity index (χ1n) is 8.20. The molecule has 2 rings (SSSR count). The first-order valence-corrected chi connectivity index (χ1v) is 9.02. The highest BCUT2D eigenvalue weighted by atomic mass is 32.2. The summed E-state index contributed by atoms with van der Waals surface area (Å²) in [5, 5.41) is 10.5. The minimum atomic E-state index is -0.796. The van der Waals surface area contributed by atoms with Crippen LogP contribution in [0.1, 0.15) is 12.5 Å². The Bertz CT molecular complexity index is 895. The van der Waals surface area contributed by atoms with E-state index in [-0.39, 0.29) is 10.1 Å². The van der Waals surface area contributed by atoms with Crippen molar-refractivity contribution in [3.8, 4) is 11.5 Å². The standard InChI is InChI=1S/C18H19N3O7S/c1-10(17(24)27-4)28-12-6-5-11(7-13(12)25-2)9-19-21-18-20-16(23)14(29-18)8-15(22)26-3/h5-10H,1-4H3,(H,20,21,23)/b14-8+,19-9?. The van der Waals surface area contributed by atoms with Gasteiger partial charge in [-0.25, -0.2) is 9.59 Å². The van der Waals surface area contributed by atoms with E-state index in [2.05, 4.69) is 25.0 Å². The second-order valence-corrected chi connectivity index (χ2v) is 6.46. The zero-order chi connectivity index (χ0) is 21.4. The van der Waals surface area contributed by atoms with Crippen molar-refractivity contribution in [1.82, 2.24) is 5.32 Å². The third kappa shape index (κ3) is 6.07. The molecule has 1 atom stereocenters. The molecule has 0 radical (unpaired) electrons. The van der Waals surface area contributed by atoms with Crippen molar-refractivity contribution >= 4 is 41.0 Å². The van der Waals surface area contributed by atoms with E-state index in [1.165, 1.54) is 27.5 Å². The van der Waals surface area contributed by atoms with Crippen LogP contribution < -0.4 is 14.8 Å². The van der Waals surface area contributed by atoms with Gasteiger partial charge in [0.1, 0.15) is 0 Å². The molecule has 1 fully saturated rings. The first kappa shape index (κ1) is 22.0. The van der Waals surface area contributed by atoms with Crippen LogP contribution in [0, 0.1) is 0 Å². The van der Waals surface area contributed by atoms with Crippen molar-refractivity contribution in [2.45, 2.75) is 13.0 Å². The van der Waals surface area contributed by atoms with Gasteiger partial charge in [0.05, 0.1) is 32.4 Å². The van der Waals surface area contributed by atoms with Gasteiger partial charge in [0.2, 0.25) is 0 Å². The number of benzene rings is 1. The number of hydrogen-bond acceptors (Lipinski definition) is 10. The van der Waals surface area contributed by atoms with Gasteiger partial charge < -0.3 is 18.9 Å². The number of esters is 2. The average molecular weight is 421 g/mol. The lowest BCUT2D eigenvalue weighted by Gasteiger charge is -2.15. The lowest BCUT2D eigenvalue weighted by molar-refractivity contribution is -0.148. The van der Waals surface area contributed by atoms with Crippen LogP contribution in [0.4, 0.5) is 0 Å². The summed E-state index contributed by atoms with van der Waals surface area (Å²) in [6.45, 7) is 1.56. The van der Waals surface area contributed by atoms with Gasteiger partial charge in [-0.3, -0.25) is 10.1 Å². The molecule has 1 aromatic carbocycles. The van der Waals surface area contributed by atoms with Gasteiger partial charge in [-0.15, -0.1) is 5.10 Å². The molecule has 1 amide bonds. The van der Waals surface area contributed by atoms with E-state index in [1.54, 1.807) is 25.1 Å². The Morgan fingerprint density at radius 2 is 1.93 bits per heavy atom. The largest absolute Gasteiger partial charge is 0.493 e. The molecule has 0 aromatic heterocycles. The summed E-state index contributed by atoms with van der Waals surface area (Å²) < 4.78 is 19.9. The summed E-state index contributed by atoms with van der Waals surface area (Å²) in [5.41, 5.74) is 0.643. The fraction of sp³-hybridized carbons (Fsp3) is 0.278. The predicted molar refractivity (Wildman–Crippen MR) is 106 cm³/mol. The number of nitrogens with zero attached hydrogens (tertiary/aromatic N) is 2. The Labute approximate surface area is 170 Å². The molecule has 1 aliphatic rings. The number of hydrogen-bond donors (Lipinski definition) is 1. The van der Waals surface area contributed by atoms with Crippen LogP contribution in [-0.4, -0.2) is 56.7 Å². The van der Waals surface area contributed by atoms with E-state index in [9.17, 15) is 14.4 Å². The Morgan fingerprint density at radius 1 is 1.17 bits per heavy atom. The second kappa shape index (κ2) is 10.3. The molecule has 1 aromatic rings. The van der Waals surface area contributed by atoms with Crippen LogP contribution in [0.3, 0.4) is 0 Å². The average Bonchev–Trinajstić information content (AvgIpc) is 3.06. The first-order chi connectivity index (χ1) is 13.9. The third-order valence-electron chi connectivity index (χ3n) is 3.48. The highest BCUT2D eigenvalue weighted by molar-refractivity contribution is 8.18. The van der Waals surface area contributed by atoms with E-state index in [1.807, 2.05) is 0 Å². The number of amides is 1. The molecule has 1 heterocycles. The maximum absolute atomic E-state index is 11.7. The maximum Gasteiger partial charge on any atom is 0.346 e. The van der Waals surface area contributed by atoms with Gasteiger partial charge in [0.15, 0.2) is 22.8 Å². The normalized spacial score (nSPS) is 17.3. The van der Waals surface area contributed by atoms with E-state index < -0.39 is 23.9 Å². The predicted octanol–water partition coefficient (Wildman–Crippen LogP) is 1.25. The number of nitrogens with one attached hydrogen (secondary N) is 1. The van der Waals surface area contributed by atoms with Crippen molar-refractivity contribution < 1.29 is 33.3 Å². The number of methoxy groups -OCH3 is 3. The van der Waals surface area contributed by atoms with Crippen LogP contribution in [0.15, 0.2) is 39.4 Å². The minimum Gasteiger partial charge on any atom is -0.493 e. The van der Waals surface area contributed by atoms with Crippen molar-refractivity contribution in [3.05, 3.63) is 34.7 Å². The van der Waals surface area contributed by atoms with Crippen molar-refractivity contribution in [2.75, 3.05) is 21.3 Å². The van der Waals surface area contributed by atoms with Gasteiger partial charge in [0.25, 0.3) is 5.91 Å². The van der Waals surface area contributed by atoms with Gasteiger partial charge in [-0.05, 0) is 42.4 Å². The molecule has 1 N–H and O–H groups in total. The monoisotopic (exact) mass is 421 g/mol. The van der Waals surface area contributed by atoms with Crippen LogP contribution >= 0.6 is 11.8 Å². The van der Waals surface area contributed by atoms with Gasteiger partial charge >= 0.3 is 11.9 Å². The fourth-order valence-electron chi connectivity index (χ4n) is 2.06. The summed E-state index contributed by atoms with van der Waals surface area (Å²) >= 11 is 0.967. The summed E-state index contributed by atoms with van der Waals surface area (Å²) in [4.78, 5) is 34.6. The number of ether oxygens (including phenoxy) is 4. The molecule has 29 heavy (non-hydrogen) atoms. The molecule has 11 heteroatoms. The Balaban J connectivity index is 2.08. The lowest BCUT2D eigenvalue weighted by atomic mass is 10.2. The van der Waals surface area contributed by atoms with E-state index in [0.717, 1.165) is 17.8 Å². The molecule has 0 spiro atoms. The smallest absolute Gasteiger partial charge is 0.346 e. The molecule has 1 unspecified atom stereocenters. The number of amidine groups is 1. The molecule has 1 aliphatic heterocycles. The van der Waals surface area contributed by atoms with Gasteiger partial charge in [-0.1, -0.05) is 0 Å². The summed E-state index contributed by atoms with van der Waals surface area (Å²) in [7, 11) is 3.96. The number of thioether (sulfide) groups is 1. The zero-order valence-electron chi connectivity index (χ0n) is 16.1. The Kier molecular flexibility index (Phi) is 7.78. The van der Waals surface area contributed by atoms with Crippen molar-refractivity contribution in [1.29, 1.82) is 0 Å². The highest BCUT2D eigenvalue weighted by Gasteiger charge is 2.25. The highest BCUT2D eigenvalue weighted by Crippen LogP contribution is 2.29. The van der Waals surface area contributed by atoms with E-state index >= 15 is 0 Å². The van der Waals surface area contributed by atoms with Crippen LogP contribution in [0.25, 0.3) is 0 Å². The SMILES string of the molecule is COC(=O)/C=C1/S/C(=N\N=Cc2ccc(OC(C)C(=O)OC)c(OC)c2)NC1=O. The zero-order valence-corrected chi connectivity index (χ0v) is 16.9. The third-order valence-corrected chi connectivity index (χ3v) is 4.38. The Hall–Kier alpha value is -3.34. The minimum absolute atomic E-state index is 0.161. The molecule has 154 valence electrons. The number of rotatable bonds is 7. The lowest BCUT2D eigenvalue weighted by Crippen LogP contribution is -2.25. The van der Waals surface area contributed by atoms with E-state index in [4.69, 9.17) is 9.47 Å². The topological polar surface area (TPSA) is 125 Å². The quantitative estimate of drug-likeness (QED) is 0.302. The molecular formula is C18H19N3O7S. The summed E-state index contributed by atoms with van der Waals surface area (Å²) in [6.07, 6.45) is 1.72. The molecular weight excluding hydrogens is 402 g/mol. The van der Waals surface area contributed by atoms with Gasteiger partial charge in [-0.2, -0.15) is 5.10 Å². The molecule has 1 saturated heterocycles. The summed E-state index contributed by atoms with van der Waals surface area (Å²) in [6, 6.07) is 4.95. The molecule has 10 nitrogen and oxygen atoms in total. The molecule has 0 aliphatic carbocycles. The summed E-state index contributed by atoms with van der Waals surface area (Å²) in [5.74, 6) is -0.847. The van der Waals surface area contributed by atoms with Crippen molar-refractivity contribution in [2.24, 2.45) is 10.2 Å².